The van der Waals surface area contributed by atoms with Crippen LogP contribution in [0.25, 0.3) is 0 Å². The SMILES string of the molecule is COCC(P)(P)COCC(P)(P)P. The molecule has 5 atom stereocenters. The molecule has 5 unspecified atom stereocenters. The maximum Gasteiger partial charge on any atom is 0.0625 e. The smallest absolute Gasteiger partial charge is 0.0625 e. The van der Waals surface area contributed by atoms with E-state index in [4.69, 9.17) is 9.47 Å². The van der Waals surface area contributed by atoms with Gasteiger partial charge in [-0.2, -0.15) is 0 Å². The first-order chi connectivity index (χ1) is 5.77. The zero-order chi connectivity index (χ0) is 10.5. The van der Waals surface area contributed by atoms with Gasteiger partial charge in [-0.3, -0.25) is 0 Å². The Morgan fingerprint density at radius 2 is 1.46 bits per heavy atom. The third-order valence-corrected chi connectivity index (χ3v) is 2.30. The standard InChI is InChI=1S/C6H19O2P5/c1-7-2-5(9,10)3-8-4-6(11,12)13/h2-4,9-13H2,1H3. The Kier molecular flexibility index (Phi) is 7.66. The summed E-state index contributed by atoms with van der Waals surface area (Å²) in [7, 11) is 15.2. The summed E-state index contributed by atoms with van der Waals surface area (Å²) in [6, 6.07) is 0. The molecule has 0 aliphatic carbocycles. The van der Waals surface area contributed by atoms with Crippen molar-refractivity contribution in [2.75, 3.05) is 26.9 Å². The molecular formula is C6H19O2P5. The number of rotatable bonds is 6. The normalized spacial score (nSPS) is 13.4. The Morgan fingerprint density at radius 3 is 1.85 bits per heavy atom. The molecule has 13 heavy (non-hydrogen) atoms. The molecule has 0 aromatic carbocycles. The van der Waals surface area contributed by atoms with Gasteiger partial charge in [0.15, 0.2) is 0 Å². The van der Waals surface area contributed by atoms with Crippen molar-refractivity contribution in [2.45, 2.75) is 9.54 Å². The molecule has 0 heterocycles. The van der Waals surface area contributed by atoms with Gasteiger partial charge in [-0.15, -0.1) is 46.2 Å². The predicted octanol–water partition coefficient (Wildman–Crippen LogP) is 1.38. The van der Waals surface area contributed by atoms with Gasteiger partial charge in [0.25, 0.3) is 0 Å². The van der Waals surface area contributed by atoms with E-state index in [0.717, 1.165) is 0 Å². The molecule has 0 aromatic rings. The second-order valence-electron chi connectivity index (χ2n) is 3.27. The second-order valence-corrected chi connectivity index (χ2v) is 11.5. The maximum absolute atomic E-state index is 5.53. The van der Waals surface area contributed by atoms with E-state index in [1.807, 2.05) is 0 Å². The van der Waals surface area contributed by atoms with E-state index in [1.165, 1.54) is 0 Å². The fourth-order valence-electron chi connectivity index (χ4n) is 0.728. The number of hydrogen-bond acceptors (Lipinski definition) is 2. The van der Waals surface area contributed by atoms with Crippen LogP contribution in [0.1, 0.15) is 0 Å². The average molecular weight is 278 g/mol. The lowest BCUT2D eigenvalue weighted by atomic mass is 10.4. The molecule has 0 amide bonds. The van der Waals surface area contributed by atoms with Gasteiger partial charge in [0.2, 0.25) is 0 Å². The van der Waals surface area contributed by atoms with Crippen LogP contribution in [0.5, 0.6) is 0 Å². The Balaban J connectivity index is 3.63. The molecular weight excluding hydrogens is 259 g/mol. The number of methoxy groups -OCH3 is 1. The summed E-state index contributed by atoms with van der Waals surface area (Å²) in [6.45, 7) is 1.97. The Hall–Kier alpha value is 2.07. The van der Waals surface area contributed by atoms with Crippen LogP contribution in [-0.4, -0.2) is 36.5 Å². The first kappa shape index (κ1) is 15.1. The van der Waals surface area contributed by atoms with Crippen LogP contribution in [0, 0.1) is 0 Å². The van der Waals surface area contributed by atoms with Gasteiger partial charge in [0, 0.05) is 16.6 Å². The van der Waals surface area contributed by atoms with E-state index in [9.17, 15) is 0 Å². The van der Waals surface area contributed by atoms with Crippen molar-refractivity contribution in [3.05, 3.63) is 0 Å². The van der Waals surface area contributed by atoms with Crippen molar-refractivity contribution >= 4 is 46.2 Å². The summed E-state index contributed by atoms with van der Waals surface area (Å²) in [5.74, 6) is 0. The first-order valence-corrected chi connectivity index (χ1v) is 6.67. The van der Waals surface area contributed by atoms with Crippen LogP contribution in [0.15, 0.2) is 0 Å². The van der Waals surface area contributed by atoms with Crippen molar-refractivity contribution in [3.8, 4) is 0 Å². The van der Waals surface area contributed by atoms with Crippen molar-refractivity contribution < 1.29 is 9.47 Å². The molecule has 0 fully saturated rings. The minimum absolute atomic E-state index is 0.0154. The highest BCUT2D eigenvalue weighted by molar-refractivity contribution is 7.57. The lowest BCUT2D eigenvalue weighted by molar-refractivity contribution is 0.103. The Morgan fingerprint density at radius 1 is 0.923 bits per heavy atom. The molecule has 0 aliphatic rings. The van der Waals surface area contributed by atoms with Crippen molar-refractivity contribution in [1.82, 2.24) is 0 Å². The van der Waals surface area contributed by atoms with Crippen molar-refractivity contribution in [3.63, 3.8) is 0 Å². The third kappa shape index (κ3) is 10.4. The molecule has 0 radical (unpaired) electrons. The summed E-state index contributed by atoms with van der Waals surface area (Å²) >= 11 is 0. The van der Waals surface area contributed by atoms with E-state index in [0.29, 0.717) is 19.8 Å². The fourth-order valence-corrected chi connectivity index (χ4v) is 1.65. The molecule has 80 valence electrons. The number of hydrogen-bond donors (Lipinski definition) is 0. The van der Waals surface area contributed by atoms with Gasteiger partial charge in [0.1, 0.15) is 0 Å². The molecule has 0 spiro atoms. The van der Waals surface area contributed by atoms with Crippen molar-refractivity contribution in [2.24, 2.45) is 0 Å². The lowest BCUT2D eigenvalue weighted by Gasteiger charge is -2.25. The summed E-state index contributed by atoms with van der Waals surface area (Å²) in [5, 5.41) is 0. The first-order valence-electron chi connectivity index (χ1n) is 3.78. The van der Waals surface area contributed by atoms with Gasteiger partial charge < -0.3 is 9.47 Å². The minimum atomic E-state index is -0.0694. The average Bonchev–Trinajstić information content (AvgIpc) is 1.82. The molecule has 0 saturated heterocycles. The summed E-state index contributed by atoms with van der Waals surface area (Å²) in [6.07, 6.45) is 0. The molecule has 7 heteroatoms. The molecule has 0 saturated carbocycles. The van der Waals surface area contributed by atoms with Crippen molar-refractivity contribution in [1.29, 1.82) is 0 Å². The molecule has 0 rings (SSSR count). The maximum atomic E-state index is 5.53. The zero-order valence-corrected chi connectivity index (χ0v) is 13.6. The molecule has 0 aliphatic heterocycles. The highest BCUT2D eigenvalue weighted by Gasteiger charge is 2.20. The largest absolute Gasteiger partial charge is 0.383 e. The van der Waals surface area contributed by atoms with E-state index in [2.05, 4.69) is 46.2 Å². The van der Waals surface area contributed by atoms with Crippen LogP contribution in [0.4, 0.5) is 0 Å². The third-order valence-electron chi connectivity index (χ3n) is 1.14. The zero-order valence-electron chi connectivity index (χ0n) is 7.82. The molecule has 0 bridgehead atoms. The lowest BCUT2D eigenvalue weighted by Crippen LogP contribution is -2.27. The van der Waals surface area contributed by atoms with E-state index >= 15 is 0 Å². The topological polar surface area (TPSA) is 18.5 Å². The summed E-state index contributed by atoms with van der Waals surface area (Å²) in [4.78, 5) is -0.0694. The van der Waals surface area contributed by atoms with Gasteiger partial charge in [-0.05, 0) is 0 Å². The van der Waals surface area contributed by atoms with Gasteiger partial charge in [-0.25, -0.2) is 0 Å². The van der Waals surface area contributed by atoms with Crippen LogP contribution >= 0.6 is 46.2 Å². The molecule has 2 nitrogen and oxygen atoms in total. The highest BCUT2D eigenvalue weighted by atomic mass is 31.1. The van der Waals surface area contributed by atoms with E-state index in [1.54, 1.807) is 7.11 Å². The van der Waals surface area contributed by atoms with Crippen LogP contribution in [0.3, 0.4) is 0 Å². The van der Waals surface area contributed by atoms with Gasteiger partial charge in [-0.1, -0.05) is 0 Å². The summed E-state index contributed by atoms with van der Waals surface area (Å²) < 4.78 is 10.6. The summed E-state index contributed by atoms with van der Waals surface area (Å²) in [5.41, 5.74) is 0. The van der Waals surface area contributed by atoms with Crippen LogP contribution < -0.4 is 0 Å². The highest BCUT2D eigenvalue weighted by Crippen LogP contribution is 2.35. The number of ether oxygens (including phenoxy) is 2. The second kappa shape index (κ2) is 6.61. The molecule has 0 aromatic heterocycles. The monoisotopic (exact) mass is 278 g/mol. The quantitative estimate of drug-likeness (QED) is 0.683. The van der Waals surface area contributed by atoms with Gasteiger partial charge >= 0.3 is 0 Å². The minimum Gasteiger partial charge on any atom is -0.383 e. The van der Waals surface area contributed by atoms with Crippen LogP contribution in [0.2, 0.25) is 0 Å². The fraction of sp³-hybridized carbons (Fsp3) is 1.00. The van der Waals surface area contributed by atoms with E-state index < -0.39 is 0 Å². The Bertz CT molecular complexity index is 144. The van der Waals surface area contributed by atoms with Gasteiger partial charge in [0.05, 0.1) is 19.8 Å². The van der Waals surface area contributed by atoms with E-state index in [-0.39, 0.29) is 9.54 Å². The predicted molar refractivity (Wildman–Crippen MR) is 76.7 cm³/mol. The van der Waals surface area contributed by atoms with Crippen LogP contribution in [-0.2, 0) is 9.47 Å². The Labute approximate surface area is 92.4 Å². The molecule has 0 N–H and O–H groups in total.